The molecule has 56 heavy (non-hydrogen) atoms. The topological polar surface area (TPSA) is 19.0 Å². The van der Waals surface area contributed by atoms with Gasteiger partial charge in [-0.15, -0.1) is 0 Å². The fourth-order valence-electron chi connectivity index (χ4n) is 10.3. The van der Waals surface area contributed by atoms with Gasteiger partial charge in [0.2, 0.25) is 0 Å². The fourth-order valence-corrected chi connectivity index (χ4v) is 10.3. The van der Waals surface area contributed by atoms with Crippen LogP contribution >= 0.6 is 0 Å². The molecule has 5 aliphatic heterocycles. The first kappa shape index (κ1) is 32.1. The van der Waals surface area contributed by atoms with E-state index in [-0.39, 0.29) is 24.3 Å². The molecule has 5 aliphatic rings. The third kappa shape index (κ3) is 4.11. The molecule has 0 radical (unpaired) electrons. The van der Waals surface area contributed by atoms with Gasteiger partial charge in [-0.25, -0.2) is 0 Å². The van der Waals surface area contributed by atoms with Gasteiger partial charge in [-0.1, -0.05) is 126 Å². The molecule has 268 valence electrons. The lowest BCUT2D eigenvalue weighted by Crippen LogP contribution is -2.69. The van der Waals surface area contributed by atoms with Crippen LogP contribution in [0.1, 0.15) is 52.7 Å². The van der Waals surface area contributed by atoms with Crippen molar-refractivity contribution in [3.8, 4) is 11.5 Å². The highest BCUT2D eigenvalue weighted by atomic mass is 16.5. The van der Waals surface area contributed by atoms with Crippen molar-refractivity contribution in [2.24, 2.45) is 0 Å². The summed E-state index contributed by atoms with van der Waals surface area (Å²) in [6.07, 6.45) is 0. The quantitative estimate of drug-likeness (QED) is 0.166. The van der Waals surface area contributed by atoms with Gasteiger partial charge in [0, 0.05) is 39.8 Å². The molecular weight excluding hydrogens is 680 g/mol. The summed E-state index contributed by atoms with van der Waals surface area (Å²) in [6.45, 7) is 13.9. The molecule has 0 aromatic heterocycles. The first-order valence-electron chi connectivity index (χ1n) is 20.0. The first-order chi connectivity index (χ1) is 27.1. The Labute approximate surface area is 330 Å². The molecule has 0 amide bonds. The minimum Gasteiger partial charge on any atom is -0.453 e. The number of para-hydroxylation sites is 4. The molecule has 7 aromatic rings. The summed E-state index contributed by atoms with van der Waals surface area (Å²) in [5.74, 6) is 1.89. The van der Waals surface area contributed by atoms with E-state index < -0.39 is 0 Å². The standard InChI is InChI=1S/C50H41B2N3O/c1-49(2,3)30-25-36-46-42(27-30)56-43-28-31(50(4,5)6)26-37-47(43)55(46)48-44-40(53(32-17-9-7-10-18-32)38-23-15-13-21-34(38)51(36)44)29-41-45(48)52(37)35-22-14-16-24-39(35)54(41)33-19-11-8-12-20-33/h7-29H,1-6H3. The Bertz CT molecular complexity index is 2650. The number of rotatable bonds is 2. The zero-order valence-corrected chi connectivity index (χ0v) is 32.7. The summed E-state index contributed by atoms with van der Waals surface area (Å²) in [5.41, 5.74) is 21.3. The van der Waals surface area contributed by atoms with Crippen molar-refractivity contribution in [1.82, 2.24) is 0 Å². The van der Waals surface area contributed by atoms with Gasteiger partial charge in [-0.2, -0.15) is 0 Å². The van der Waals surface area contributed by atoms with Crippen LogP contribution in [-0.4, -0.2) is 13.4 Å². The van der Waals surface area contributed by atoms with Crippen molar-refractivity contribution in [3.05, 3.63) is 151 Å². The summed E-state index contributed by atoms with van der Waals surface area (Å²) < 4.78 is 7.30. The fraction of sp³-hybridized carbons (Fsp3) is 0.160. The average Bonchev–Trinajstić information content (AvgIpc) is 3.20. The minimum absolute atomic E-state index is 0.0114. The van der Waals surface area contributed by atoms with E-state index in [0.29, 0.717) is 0 Å². The predicted octanol–water partition coefficient (Wildman–Crippen LogP) is 9.08. The summed E-state index contributed by atoms with van der Waals surface area (Å²) >= 11 is 0. The number of nitrogens with zero attached hydrogens (tertiary/aromatic N) is 3. The third-order valence-electron chi connectivity index (χ3n) is 12.9. The SMILES string of the molecule is CC(C)(C)c1cc2c3c(c1)B1c4ccccc4N(c4ccccc4)c4cc5c6c(c41)N3c1c(cc(C(C)(C)C)cc1B6c1ccccc1N5c1ccccc1)O2. The van der Waals surface area contributed by atoms with Crippen molar-refractivity contribution < 1.29 is 4.74 Å². The van der Waals surface area contributed by atoms with Crippen molar-refractivity contribution >= 4 is 97.4 Å². The number of hydrogen-bond donors (Lipinski definition) is 0. The summed E-state index contributed by atoms with van der Waals surface area (Å²) in [6, 6.07) is 52.3. The maximum atomic E-state index is 7.30. The minimum atomic E-state index is -0.0797. The molecule has 0 N–H and O–H groups in total. The van der Waals surface area contributed by atoms with Gasteiger partial charge in [-0.05, 0) is 109 Å². The van der Waals surface area contributed by atoms with Crippen LogP contribution in [-0.2, 0) is 10.8 Å². The monoisotopic (exact) mass is 721 g/mol. The van der Waals surface area contributed by atoms with Gasteiger partial charge in [0.15, 0.2) is 11.5 Å². The van der Waals surface area contributed by atoms with Gasteiger partial charge >= 0.3 is 0 Å². The van der Waals surface area contributed by atoms with Gasteiger partial charge in [0.05, 0.1) is 11.4 Å². The Kier molecular flexibility index (Phi) is 6.19. The Morgan fingerprint density at radius 3 is 1.23 bits per heavy atom. The van der Waals surface area contributed by atoms with Crippen molar-refractivity contribution in [2.45, 2.75) is 52.4 Å². The van der Waals surface area contributed by atoms with Crippen LogP contribution in [0.3, 0.4) is 0 Å². The second kappa shape index (κ2) is 10.8. The average molecular weight is 722 g/mol. The summed E-state index contributed by atoms with van der Waals surface area (Å²) in [5, 5.41) is 0. The molecule has 0 fully saturated rings. The molecule has 0 atom stereocenters. The highest BCUT2D eigenvalue weighted by Gasteiger charge is 2.54. The molecule has 0 unspecified atom stereocenters. The third-order valence-corrected chi connectivity index (χ3v) is 12.9. The zero-order chi connectivity index (χ0) is 37.8. The van der Waals surface area contributed by atoms with Crippen LogP contribution in [0.15, 0.2) is 140 Å². The zero-order valence-electron chi connectivity index (χ0n) is 32.7. The lowest BCUT2D eigenvalue weighted by molar-refractivity contribution is 0.470. The van der Waals surface area contributed by atoms with Crippen LogP contribution in [0.5, 0.6) is 11.5 Å². The number of hydrogen-bond acceptors (Lipinski definition) is 4. The smallest absolute Gasteiger partial charge is 0.252 e. The summed E-state index contributed by atoms with van der Waals surface area (Å²) in [7, 11) is 0. The molecule has 5 heterocycles. The summed E-state index contributed by atoms with van der Waals surface area (Å²) in [4.78, 5) is 7.68. The molecule has 7 aromatic carbocycles. The second-order valence-corrected chi connectivity index (χ2v) is 18.2. The van der Waals surface area contributed by atoms with Gasteiger partial charge in [-0.3, -0.25) is 0 Å². The lowest BCUT2D eigenvalue weighted by Gasteiger charge is -2.52. The van der Waals surface area contributed by atoms with Gasteiger partial charge in [0.1, 0.15) is 0 Å². The molecule has 0 saturated heterocycles. The van der Waals surface area contributed by atoms with Crippen molar-refractivity contribution in [1.29, 1.82) is 0 Å². The molecule has 4 nitrogen and oxygen atoms in total. The molecule has 0 aliphatic carbocycles. The molecular formula is C50H41B2N3O. The highest BCUT2D eigenvalue weighted by Crippen LogP contribution is 2.57. The van der Waals surface area contributed by atoms with Crippen molar-refractivity contribution in [3.63, 3.8) is 0 Å². The van der Waals surface area contributed by atoms with E-state index >= 15 is 0 Å². The highest BCUT2D eigenvalue weighted by molar-refractivity contribution is 7.05. The largest absolute Gasteiger partial charge is 0.453 e. The second-order valence-electron chi connectivity index (χ2n) is 18.2. The Balaban J connectivity index is 1.30. The Morgan fingerprint density at radius 2 is 0.804 bits per heavy atom. The van der Waals surface area contributed by atoms with Crippen LogP contribution in [0, 0.1) is 0 Å². The van der Waals surface area contributed by atoms with Crippen LogP contribution in [0.25, 0.3) is 0 Å². The molecule has 0 saturated carbocycles. The molecule has 0 spiro atoms. The number of fused-ring (bicyclic) bond motifs is 6. The van der Waals surface area contributed by atoms with E-state index in [0.717, 1.165) is 22.9 Å². The Morgan fingerprint density at radius 1 is 0.393 bits per heavy atom. The first-order valence-corrected chi connectivity index (χ1v) is 20.0. The van der Waals surface area contributed by atoms with Crippen molar-refractivity contribution in [2.75, 3.05) is 14.7 Å². The molecule has 6 heteroatoms. The van der Waals surface area contributed by atoms with E-state index in [9.17, 15) is 0 Å². The lowest BCUT2D eigenvalue weighted by atomic mass is 9.28. The van der Waals surface area contributed by atoms with Gasteiger partial charge in [0.25, 0.3) is 13.4 Å². The maximum absolute atomic E-state index is 7.30. The van der Waals surface area contributed by atoms with E-state index in [2.05, 4.69) is 196 Å². The van der Waals surface area contributed by atoms with E-state index in [1.807, 2.05) is 0 Å². The maximum Gasteiger partial charge on any atom is 0.252 e. The van der Waals surface area contributed by atoms with Crippen LogP contribution < -0.4 is 52.2 Å². The Hall–Kier alpha value is -6.13. The number of benzene rings is 7. The molecule has 0 bridgehead atoms. The van der Waals surface area contributed by atoms with Crippen LogP contribution in [0.4, 0.5) is 51.2 Å². The predicted molar refractivity (Wildman–Crippen MR) is 237 cm³/mol. The van der Waals surface area contributed by atoms with E-state index in [1.165, 1.54) is 83.7 Å². The number of ether oxygens (including phenoxy) is 1. The van der Waals surface area contributed by atoms with Gasteiger partial charge < -0.3 is 19.4 Å². The van der Waals surface area contributed by atoms with E-state index in [4.69, 9.17) is 4.74 Å². The number of anilines is 9. The normalized spacial score (nSPS) is 14.9. The van der Waals surface area contributed by atoms with E-state index in [1.54, 1.807) is 0 Å². The van der Waals surface area contributed by atoms with Crippen LogP contribution in [0.2, 0.25) is 0 Å². The molecule has 12 rings (SSSR count).